The number of carbonyl (C=O) groups is 17. The van der Waals surface area contributed by atoms with Crippen molar-refractivity contribution in [2.75, 3.05) is 77.6 Å². The number of ether oxygens (including phenoxy) is 2. The molecule has 4 aliphatic rings. The minimum Gasteiger partial charge on any atom is -0.445 e. The van der Waals surface area contributed by atoms with E-state index in [4.69, 9.17) is 20.9 Å². The zero-order valence-corrected chi connectivity index (χ0v) is 65.7. The summed E-state index contributed by atoms with van der Waals surface area (Å²) in [4.78, 5) is 238. The summed E-state index contributed by atoms with van der Waals surface area (Å²) in [6, 6.07) is -1.30. The third-order valence-corrected chi connectivity index (χ3v) is 21.5. The van der Waals surface area contributed by atoms with Crippen LogP contribution in [0.4, 0.5) is 20.1 Å². The highest BCUT2D eigenvalue weighted by molar-refractivity contribution is 7.85. The van der Waals surface area contributed by atoms with E-state index in [1.165, 1.54) is 68.4 Å². The number of nitrogens with zero attached hydrogens (tertiary/aromatic N) is 4. The van der Waals surface area contributed by atoms with Crippen molar-refractivity contribution in [2.24, 2.45) is 35.1 Å². The van der Waals surface area contributed by atoms with Gasteiger partial charge in [0.25, 0.3) is 11.8 Å². The summed E-state index contributed by atoms with van der Waals surface area (Å²) in [5, 5.41) is 57.4. The van der Waals surface area contributed by atoms with Gasteiger partial charge in [-0.2, -0.15) is 0 Å². The summed E-state index contributed by atoms with van der Waals surface area (Å²) >= 11 is 0. The van der Waals surface area contributed by atoms with E-state index < -0.39 is 247 Å². The summed E-state index contributed by atoms with van der Waals surface area (Å²) in [7, 11) is 0.235. The zero-order chi connectivity index (χ0) is 84.7. The number of aliphatic hydroxyl groups is 3. The molecular weight excluding hydrogens is 1530 g/mol. The number of hydrogen-bond donors (Lipinski definition) is 16. The van der Waals surface area contributed by atoms with Crippen LogP contribution < -0.4 is 69.4 Å². The number of Topliss-reactive ketones (excluding diaryl/α,β-unsaturated/α-hetero) is 1. The van der Waals surface area contributed by atoms with E-state index in [-0.39, 0.29) is 85.0 Å². The summed E-state index contributed by atoms with van der Waals surface area (Å²) in [6.07, 6.45) is -3.32. The average molecular weight is 1630 g/mol. The molecule has 2 aromatic carbocycles. The van der Waals surface area contributed by atoms with E-state index in [9.17, 15) is 96.8 Å². The summed E-state index contributed by atoms with van der Waals surface area (Å²) in [5.41, 5.74) is 11.6. The number of anilines is 1. The molecule has 628 valence electrons. The normalized spacial score (nSPS) is 22.0. The van der Waals surface area contributed by atoms with Crippen LogP contribution in [0.5, 0.6) is 5.75 Å². The Hall–Kier alpha value is -11.5. The standard InChI is InChI=1S/C74H103N17O23S/c1-8-39(4)62-67(105)79-32-57(98)81-51-37-115(112)70-47(31-50(64(102)78-33-58(99)86-62)83-69(107)63(40(5)54(95)35-92)87-66(104)52-29-44(93)34-91(52)71(108)42(27-53(51)94)28-55(75)96)46-20-19-45(30-49(46)84-70)114-74(111)89(7)26-25-88(6)73(110)113-36-41-15-17-43(18-16-41)80-65(103)48(13-12-23-77-72(76)109)82-68(106)61(38(2)3)85-56(97)14-10-9-11-24-90-59(100)21-22-60(90)101/h15-22,30,38-40,42,44,48,50-52,54,61-63,84,92-93,95H,8-14,23-29,31-37H2,1-7H3,(H2,75,96)(H,78,102)(H,79,105)(H,80,103)(H,81,98)(H,82,106)(H,83,107)(H,85,97)(H,86,99)(H,87,104)(H3,76,77,109)/t39-,40-,42-,44+,48-,50+,51-,52-,54-,61-,62-,63-,115?/m0/s1. The lowest BCUT2D eigenvalue weighted by Gasteiger charge is -2.32. The number of unbranched alkanes of at least 4 members (excludes halogenated alkanes) is 2. The summed E-state index contributed by atoms with van der Waals surface area (Å²) in [5.74, 6) is -16.9. The van der Waals surface area contributed by atoms with Gasteiger partial charge in [-0.05, 0) is 72.9 Å². The van der Waals surface area contributed by atoms with Gasteiger partial charge in [-0.25, -0.2) is 14.4 Å². The molecule has 7 rings (SSSR count). The number of aromatic nitrogens is 1. The second kappa shape index (κ2) is 42.6. The highest BCUT2D eigenvalue weighted by Crippen LogP contribution is 2.32. The van der Waals surface area contributed by atoms with Crippen LogP contribution in [0.1, 0.15) is 110 Å². The van der Waals surface area contributed by atoms with E-state index in [2.05, 4.69) is 58.2 Å². The third-order valence-electron chi connectivity index (χ3n) is 20.1. The number of primary amides is 2. The fourth-order valence-corrected chi connectivity index (χ4v) is 14.5. The number of imide groups is 1. The first-order valence-corrected chi connectivity index (χ1v) is 39.0. The highest BCUT2D eigenvalue weighted by atomic mass is 32.2. The molecule has 1 saturated heterocycles. The van der Waals surface area contributed by atoms with Crippen molar-refractivity contribution in [1.29, 1.82) is 0 Å². The Kier molecular flexibility index (Phi) is 33.6. The molecule has 2 bridgehead atoms. The Labute approximate surface area is 664 Å². The van der Waals surface area contributed by atoms with E-state index >= 15 is 4.21 Å². The average Bonchev–Trinajstić information content (AvgIpc) is 1.64. The van der Waals surface area contributed by atoms with Gasteiger partial charge in [-0.1, -0.05) is 59.6 Å². The van der Waals surface area contributed by atoms with Crippen molar-refractivity contribution in [3.63, 3.8) is 0 Å². The molecule has 1 aromatic heterocycles. The number of aromatic amines is 1. The molecule has 1 fully saturated rings. The molecule has 0 aliphatic carbocycles. The van der Waals surface area contributed by atoms with Crippen LogP contribution in [0.15, 0.2) is 59.6 Å². The van der Waals surface area contributed by atoms with Crippen LogP contribution >= 0.6 is 0 Å². The van der Waals surface area contributed by atoms with E-state index in [1.54, 1.807) is 39.8 Å². The number of ketones is 1. The number of hydrogen-bond acceptors (Lipinski definition) is 23. The smallest absolute Gasteiger partial charge is 0.415 e. The fourth-order valence-electron chi connectivity index (χ4n) is 13.1. The second-order valence-corrected chi connectivity index (χ2v) is 30.6. The second-order valence-electron chi connectivity index (χ2n) is 29.1. The van der Waals surface area contributed by atoms with E-state index in [0.29, 0.717) is 31.2 Å². The van der Waals surface area contributed by atoms with Gasteiger partial charge in [0.15, 0.2) is 5.78 Å². The molecule has 1 unspecified atom stereocenters. The number of likely N-dealkylation sites (N-methyl/N-ethyl adjacent to an activating group) is 2. The summed E-state index contributed by atoms with van der Waals surface area (Å²) < 4.78 is 26.6. The molecule has 3 aromatic rings. The lowest BCUT2D eigenvalue weighted by Crippen LogP contribution is -2.61. The van der Waals surface area contributed by atoms with E-state index in [1.807, 2.05) is 0 Å². The van der Waals surface area contributed by atoms with Gasteiger partial charge in [-0.3, -0.25) is 76.2 Å². The van der Waals surface area contributed by atoms with Gasteiger partial charge in [0.2, 0.25) is 65.0 Å². The number of H-pyrrole nitrogens is 1. The van der Waals surface area contributed by atoms with Crippen LogP contribution in [0, 0.1) is 23.7 Å². The molecular formula is C74H103N17O23S. The molecule has 41 heteroatoms. The van der Waals surface area contributed by atoms with Crippen molar-refractivity contribution in [3.8, 4) is 5.75 Å². The van der Waals surface area contributed by atoms with Gasteiger partial charge in [0.05, 0.1) is 65.9 Å². The van der Waals surface area contributed by atoms with Crippen molar-refractivity contribution in [3.05, 3.63) is 65.7 Å². The third kappa shape index (κ3) is 26.0. The van der Waals surface area contributed by atoms with Crippen LogP contribution in [0.2, 0.25) is 0 Å². The number of amides is 17. The maximum absolute atomic E-state index is 15.3. The topological polar surface area (TPSA) is 587 Å². The largest absolute Gasteiger partial charge is 0.445 e. The van der Waals surface area contributed by atoms with Gasteiger partial charge in [0.1, 0.15) is 53.6 Å². The first kappa shape index (κ1) is 90.7. The summed E-state index contributed by atoms with van der Waals surface area (Å²) in [6.45, 7) is 4.66. The van der Waals surface area contributed by atoms with Gasteiger partial charge >= 0.3 is 18.2 Å². The maximum atomic E-state index is 15.3. The number of nitrogens with one attached hydrogen (secondary N) is 11. The van der Waals surface area contributed by atoms with Gasteiger partial charge in [-0.15, -0.1) is 0 Å². The fraction of sp³-hybridized carbons (Fsp3) is 0.554. The van der Waals surface area contributed by atoms with Crippen LogP contribution in [-0.4, -0.2) is 272 Å². The molecule has 17 amide bonds. The number of nitrogens with two attached hydrogens (primary N) is 2. The SMILES string of the molecule is CC[C@H](C)[C@@H]1NC(=O)CNC(=O)[C@H]2Cc3c([nH]c4cc(OC(=O)N(C)CCN(C)C(=O)OCc5ccc(NC(=O)[C@H](CCCNC(N)=O)NC(=O)[C@@H](NC(=O)CCCCCN6C(=O)C=CC6=O)C(C)C)cc5)ccc34)S(=O)C[C@H](NC(=O)CNC1=O)C(=O)C[C@@H](CC(N)=O)C(=O)N1C[C@H](O)C[C@H]1C(=O)N[C@@H]([C@@H](C)[C@@H](O)CO)C(=O)N2. The Morgan fingerprint density at radius 3 is 2.04 bits per heavy atom. The monoisotopic (exact) mass is 1630 g/mol. The van der Waals surface area contributed by atoms with Crippen molar-refractivity contribution >= 4 is 128 Å². The Balaban J connectivity index is 1.06. The molecule has 4 aliphatic heterocycles. The molecule has 0 spiro atoms. The predicted octanol–water partition coefficient (Wildman–Crippen LogP) is -3.34. The lowest BCUT2D eigenvalue weighted by atomic mass is 9.93. The molecule has 13 atom stereocenters. The first-order chi connectivity index (χ1) is 54.5. The van der Waals surface area contributed by atoms with Crippen molar-refractivity contribution in [2.45, 2.75) is 171 Å². The number of urea groups is 1. The number of aliphatic hydroxyl groups excluding tert-OH is 3. The van der Waals surface area contributed by atoms with Crippen molar-refractivity contribution < 1.29 is 111 Å². The minimum absolute atomic E-state index is 0.0238. The van der Waals surface area contributed by atoms with Crippen LogP contribution in [-0.2, 0) is 95.7 Å². The highest BCUT2D eigenvalue weighted by Gasteiger charge is 2.46. The van der Waals surface area contributed by atoms with E-state index in [0.717, 1.165) is 14.7 Å². The number of carbonyl (C=O) groups excluding carboxylic acids is 17. The first-order valence-electron chi connectivity index (χ1n) is 37.7. The minimum atomic E-state index is -2.53. The van der Waals surface area contributed by atoms with Crippen molar-refractivity contribution in [1.82, 2.24) is 72.4 Å². The van der Waals surface area contributed by atoms with Crippen LogP contribution in [0.3, 0.4) is 0 Å². The predicted molar refractivity (Wildman–Crippen MR) is 408 cm³/mol. The Morgan fingerprint density at radius 1 is 0.739 bits per heavy atom. The molecule has 5 heterocycles. The van der Waals surface area contributed by atoms with Gasteiger partial charge < -0.3 is 109 Å². The molecule has 0 saturated carbocycles. The van der Waals surface area contributed by atoms with Gasteiger partial charge in [0, 0.05) is 114 Å². The Morgan fingerprint density at radius 2 is 1.40 bits per heavy atom. The number of rotatable bonds is 29. The lowest BCUT2D eigenvalue weighted by molar-refractivity contribution is -0.145. The Bertz CT molecular complexity index is 4180. The molecule has 40 nitrogen and oxygen atoms in total. The molecule has 0 radical (unpaired) electrons. The number of fused-ring (bicyclic) bond motifs is 5. The van der Waals surface area contributed by atoms with Crippen LogP contribution in [0.25, 0.3) is 10.9 Å². The molecule has 115 heavy (non-hydrogen) atoms. The number of benzene rings is 2. The zero-order valence-electron chi connectivity index (χ0n) is 64.9. The molecule has 18 N–H and O–H groups in total. The quantitative estimate of drug-likeness (QED) is 0.0239. The maximum Gasteiger partial charge on any atom is 0.415 e.